The number of Topliss-reactive ketones (excluding diaryl/α,β-unsaturated/α-hetero) is 1. The molecule has 214 valence electrons. The average Bonchev–Trinajstić information content (AvgIpc) is 3.66. The number of hydrogen-bond acceptors (Lipinski definition) is 3. The van der Waals surface area contributed by atoms with E-state index in [-0.39, 0.29) is 48.1 Å². The number of aromatic nitrogens is 3. The maximum absolute atomic E-state index is 13.8. The van der Waals surface area contributed by atoms with Crippen molar-refractivity contribution in [1.29, 1.82) is 0 Å². The third-order valence-electron chi connectivity index (χ3n) is 8.97. The number of allylic oxidation sites excluding steroid dienone is 2. The fraction of sp³-hybridized carbons (Fsp3) is 0.353. The molecule has 3 atom stereocenters. The number of methoxy groups -OCH3 is 1. The molecule has 0 spiro atoms. The van der Waals surface area contributed by atoms with E-state index in [1.807, 2.05) is 38.2 Å². The summed E-state index contributed by atoms with van der Waals surface area (Å²) in [5.41, 5.74) is 10.4. The van der Waals surface area contributed by atoms with E-state index in [2.05, 4.69) is 34.3 Å². The minimum atomic E-state index is -1.08. The van der Waals surface area contributed by atoms with E-state index >= 15 is 0 Å². The molecule has 0 radical (unpaired) electrons. The first-order valence-electron chi connectivity index (χ1n) is 13.7. The van der Waals surface area contributed by atoms with E-state index in [0.29, 0.717) is 28.2 Å². The molecular weight excluding hydrogens is 537 g/mol. The van der Waals surface area contributed by atoms with Gasteiger partial charge in [-0.15, -0.1) is 33.5 Å². The van der Waals surface area contributed by atoms with Crippen LogP contribution >= 0.6 is 0 Å². The van der Waals surface area contributed by atoms with Gasteiger partial charge in [0.25, 0.3) is 0 Å². The molecule has 8 bridgehead atoms. The van der Waals surface area contributed by atoms with Crippen LogP contribution in [0.15, 0.2) is 18.0 Å². The summed E-state index contributed by atoms with van der Waals surface area (Å²) in [6.45, 7) is 16.4. The van der Waals surface area contributed by atoms with Crippen LogP contribution in [-0.4, -0.2) is 41.9 Å². The zero-order chi connectivity index (χ0) is 28.6. The fourth-order valence-electron chi connectivity index (χ4n) is 6.38. The van der Waals surface area contributed by atoms with Gasteiger partial charge < -0.3 is 25.0 Å². The summed E-state index contributed by atoms with van der Waals surface area (Å²) in [6.07, 6.45) is 8.64. The molecule has 42 heavy (non-hydrogen) atoms. The van der Waals surface area contributed by atoms with Gasteiger partial charge in [0.15, 0.2) is 5.78 Å². The van der Waals surface area contributed by atoms with Crippen LogP contribution in [-0.2, 0) is 16.0 Å². The van der Waals surface area contributed by atoms with Crippen LogP contribution in [0, 0.1) is 38.5 Å². The maximum atomic E-state index is 13.8. The van der Waals surface area contributed by atoms with Gasteiger partial charge in [-0.3, -0.25) is 9.59 Å². The summed E-state index contributed by atoms with van der Waals surface area (Å²) >= 11 is 0. The van der Waals surface area contributed by atoms with Crippen molar-refractivity contribution in [2.45, 2.75) is 55.4 Å². The molecule has 3 aromatic heterocycles. The first-order valence-corrected chi connectivity index (χ1v) is 13.7. The van der Waals surface area contributed by atoms with Crippen LogP contribution < -0.4 is 25.7 Å². The summed E-state index contributed by atoms with van der Waals surface area (Å²) < 4.78 is 5.11. The number of ketones is 1. The quantitative estimate of drug-likeness (QED) is 0.263. The number of carbonyl (C=O) groups is 2. The zero-order valence-electron chi connectivity index (χ0n) is 24.7. The summed E-state index contributed by atoms with van der Waals surface area (Å²) in [5.74, 6) is -1.95. The Bertz CT molecular complexity index is 1830. The summed E-state index contributed by atoms with van der Waals surface area (Å²) in [7, 11) is 1.31. The summed E-state index contributed by atoms with van der Waals surface area (Å²) in [4.78, 5) is 41.8. The van der Waals surface area contributed by atoms with Crippen LogP contribution in [0.3, 0.4) is 0 Å². The number of esters is 1. The summed E-state index contributed by atoms with van der Waals surface area (Å²) in [6, 6.07) is 0. The minimum absolute atomic E-state index is 0. The van der Waals surface area contributed by atoms with Gasteiger partial charge in [-0.2, -0.15) is 11.4 Å². The van der Waals surface area contributed by atoms with Crippen LogP contribution in [0.4, 0.5) is 0 Å². The monoisotopic (exact) mass is 572 g/mol. The number of rotatable bonds is 3. The molecule has 1 fully saturated rings. The van der Waals surface area contributed by atoms with Crippen molar-refractivity contribution in [3.63, 3.8) is 0 Å². The van der Waals surface area contributed by atoms with Crippen LogP contribution in [0.25, 0.3) is 35.2 Å². The minimum Gasteiger partial charge on any atom is -0.664 e. The Morgan fingerprint density at radius 1 is 0.952 bits per heavy atom. The fourth-order valence-corrected chi connectivity index (χ4v) is 6.38. The van der Waals surface area contributed by atoms with Gasteiger partial charge in [0.2, 0.25) is 0 Å². The van der Waals surface area contributed by atoms with Crippen LogP contribution in [0.5, 0.6) is 0 Å². The second kappa shape index (κ2) is 11.3. The molecule has 0 unspecified atom stereocenters. The van der Waals surface area contributed by atoms with Crippen molar-refractivity contribution in [3.8, 4) is 0 Å². The van der Waals surface area contributed by atoms with Gasteiger partial charge in [-0.25, -0.2) is 0 Å². The van der Waals surface area contributed by atoms with E-state index < -0.39 is 11.9 Å². The Morgan fingerprint density at radius 2 is 1.62 bits per heavy atom. The molecule has 1 saturated heterocycles. The number of ether oxygens (including phenoxy) is 1. The Labute approximate surface area is 263 Å². The molecule has 5 heterocycles. The third-order valence-corrected chi connectivity index (χ3v) is 8.97. The predicted octanol–water partition coefficient (Wildman–Crippen LogP) is 4.31. The summed E-state index contributed by atoms with van der Waals surface area (Å²) in [5, 5.41) is 6.73. The van der Waals surface area contributed by atoms with Crippen molar-refractivity contribution in [3.05, 3.63) is 90.1 Å². The normalized spacial score (nSPS) is 24.7. The zero-order valence-corrected chi connectivity index (χ0v) is 26.1. The van der Waals surface area contributed by atoms with Crippen LogP contribution in [0.1, 0.15) is 89.1 Å². The van der Waals surface area contributed by atoms with Crippen molar-refractivity contribution in [1.82, 2.24) is 15.0 Å². The molecule has 0 N–H and O–H groups in total. The van der Waals surface area contributed by atoms with Gasteiger partial charge in [-0.1, -0.05) is 86.9 Å². The molecule has 7 nitrogen and oxygen atoms in total. The molecule has 0 amide bonds. The largest absolute Gasteiger partial charge is 2.00 e. The molecule has 8 heteroatoms. The van der Waals surface area contributed by atoms with Crippen molar-refractivity contribution in [2.75, 3.05) is 7.11 Å². The second-order valence-electron chi connectivity index (χ2n) is 11.0. The van der Waals surface area contributed by atoms with E-state index in [1.165, 1.54) is 7.11 Å². The topological polar surface area (TPSA) is 99.8 Å². The van der Waals surface area contributed by atoms with Gasteiger partial charge >= 0.3 is 29.0 Å². The molecular formula is C34H36MgN4O3-2. The number of fused-ring (bicyclic) bond motifs is 7. The number of carbonyl (C=O) groups excluding carboxylic acids is 2. The molecule has 6 rings (SSSR count). The smallest absolute Gasteiger partial charge is 0.664 e. The van der Waals surface area contributed by atoms with E-state index in [1.54, 1.807) is 0 Å². The first-order chi connectivity index (χ1) is 19.1. The molecule has 0 saturated carbocycles. The predicted molar refractivity (Wildman–Crippen MR) is 168 cm³/mol. The molecule has 3 aromatic rings. The van der Waals surface area contributed by atoms with E-state index in [9.17, 15) is 9.59 Å². The van der Waals surface area contributed by atoms with Crippen molar-refractivity contribution < 1.29 is 14.3 Å². The Kier molecular flexibility index (Phi) is 8.46. The second-order valence-corrected chi connectivity index (χ2v) is 11.0. The standard InChI is InChI=1S/C33H33N4O3.CH4.Mg/c1-9-19-16(5)22-11-21-14(3)15(4)30(36-21)28-29(33(39)40-8)32(38)27-18(7)24(37-31(27)28)13-26-20(10-2)17(6)23(35-26)12-25(19)34-22;;/h9,11-15,29H,1,10H2,2-8H3,(H-,36,37,38);1H4;/q-3;;+2/p-1/b21-11-,23-12-,26-13-;;/t14-,15-,29+;;/m0../s1. The average molecular weight is 573 g/mol. The van der Waals surface area contributed by atoms with E-state index in [0.717, 1.165) is 62.0 Å². The molecule has 0 aromatic carbocycles. The SMILES string of the molecule is C.C=Cc1c2[n-]c(c1C)/C=C1\[N-]/C(=C3\c4[n-]c(c(C)c4C(=O)[C@@H]3C(=O)OC)/C=c3\[n-]/c(c(C)c3CC)=C\2)[C@@H](C)[C@@H]1C.[Mg+2]. The molecule has 2 aliphatic heterocycles. The number of nitrogens with zero attached hydrogens (tertiary/aromatic N) is 4. The van der Waals surface area contributed by atoms with Gasteiger partial charge in [0.1, 0.15) is 5.92 Å². The third kappa shape index (κ3) is 4.38. The molecule has 1 aliphatic carbocycles. The first kappa shape index (κ1) is 31.4. The van der Waals surface area contributed by atoms with Crippen molar-refractivity contribution >= 4 is 64.7 Å². The van der Waals surface area contributed by atoms with Crippen molar-refractivity contribution in [2.24, 2.45) is 17.8 Å². The molecule has 3 aliphatic rings. The van der Waals surface area contributed by atoms with Gasteiger partial charge in [0.05, 0.1) is 7.11 Å². The Morgan fingerprint density at radius 3 is 2.26 bits per heavy atom. The number of hydrogen-bond donors (Lipinski definition) is 0. The van der Waals surface area contributed by atoms with E-state index in [4.69, 9.17) is 25.0 Å². The Balaban J connectivity index is 0.00000202. The maximum Gasteiger partial charge on any atom is 2.00 e. The van der Waals surface area contributed by atoms with Gasteiger partial charge in [0, 0.05) is 5.56 Å². The van der Waals surface area contributed by atoms with Crippen LogP contribution in [0.2, 0.25) is 0 Å². The Hall–Kier alpha value is -3.49. The van der Waals surface area contributed by atoms with Gasteiger partial charge in [-0.05, 0) is 44.6 Å².